The van der Waals surface area contributed by atoms with Crippen molar-refractivity contribution in [2.24, 2.45) is 0 Å². The van der Waals surface area contributed by atoms with Gasteiger partial charge in [-0.2, -0.15) is 0 Å². The van der Waals surface area contributed by atoms with Gasteiger partial charge < -0.3 is 19.3 Å². The van der Waals surface area contributed by atoms with Crippen LogP contribution >= 0.6 is 11.6 Å². The summed E-state index contributed by atoms with van der Waals surface area (Å²) in [7, 11) is 0. The molecule has 0 bridgehead atoms. The minimum Gasteiger partial charge on any atom is -0.454 e. The molecule has 2 aliphatic rings. The molecule has 7 heteroatoms. The number of carbonyl (C=O) groups is 1. The second kappa shape index (κ2) is 6.03. The molecule has 27 heavy (non-hydrogen) atoms. The Morgan fingerprint density at radius 1 is 1.04 bits per heavy atom. The van der Waals surface area contributed by atoms with E-state index >= 15 is 0 Å². The maximum atomic E-state index is 12.8. The largest absolute Gasteiger partial charge is 0.454 e. The molecular weight excluding hydrogens is 368 g/mol. The Kier molecular flexibility index (Phi) is 3.62. The number of fused-ring (bicyclic) bond motifs is 1. The minimum absolute atomic E-state index is 0.0876. The number of hydrogen-bond donors (Lipinski definition) is 1. The number of nitrogens with one attached hydrogen (secondary N) is 1. The Balaban J connectivity index is 1.38. The van der Waals surface area contributed by atoms with Crippen molar-refractivity contribution in [3.8, 4) is 22.8 Å². The molecule has 3 aromatic rings. The molecule has 0 radical (unpaired) electrons. The maximum Gasteiger partial charge on any atom is 0.236 e. The number of nitrogens with zero attached hydrogens (tertiary/aromatic N) is 1. The minimum atomic E-state index is -0.641. The summed E-state index contributed by atoms with van der Waals surface area (Å²) in [4.78, 5) is 12.8. The van der Waals surface area contributed by atoms with Crippen molar-refractivity contribution in [1.29, 1.82) is 0 Å². The molecule has 1 amide bonds. The summed E-state index contributed by atoms with van der Waals surface area (Å²) in [6, 6.07) is 14.4. The third-order valence-corrected chi connectivity index (χ3v) is 5.20. The zero-order chi connectivity index (χ0) is 18.4. The molecule has 0 saturated heterocycles. The van der Waals surface area contributed by atoms with Gasteiger partial charge in [0.25, 0.3) is 0 Å². The number of rotatable bonds is 4. The molecule has 0 unspecified atom stereocenters. The van der Waals surface area contributed by atoms with E-state index in [0.717, 1.165) is 18.4 Å². The van der Waals surface area contributed by atoms with E-state index in [0.29, 0.717) is 33.7 Å². The van der Waals surface area contributed by atoms with Gasteiger partial charge in [0.05, 0.1) is 11.1 Å². The van der Waals surface area contributed by atoms with Crippen LogP contribution in [0, 0.1) is 0 Å². The number of amides is 1. The molecule has 1 aliphatic carbocycles. The van der Waals surface area contributed by atoms with Crippen LogP contribution < -0.4 is 14.8 Å². The van der Waals surface area contributed by atoms with Crippen molar-refractivity contribution in [3.63, 3.8) is 0 Å². The molecule has 1 aromatic heterocycles. The van der Waals surface area contributed by atoms with Crippen LogP contribution in [0.15, 0.2) is 53.1 Å². The highest BCUT2D eigenvalue weighted by Gasteiger charge is 2.53. The zero-order valence-electron chi connectivity index (χ0n) is 14.2. The van der Waals surface area contributed by atoms with Gasteiger partial charge in [-0.25, -0.2) is 0 Å². The fourth-order valence-corrected chi connectivity index (χ4v) is 3.32. The summed E-state index contributed by atoms with van der Waals surface area (Å²) < 4.78 is 16.2. The molecule has 0 spiro atoms. The second-order valence-corrected chi connectivity index (χ2v) is 7.12. The predicted octanol–water partition coefficient (Wildman–Crippen LogP) is 4.39. The summed E-state index contributed by atoms with van der Waals surface area (Å²) in [5.74, 6) is 1.88. The van der Waals surface area contributed by atoms with Crippen molar-refractivity contribution in [1.82, 2.24) is 5.16 Å². The van der Waals surface area contributed by atoms with Gasteiger partial charge >= 0.3 is 0 Å². The highest BCUT2D eigenvalue weighted by atomic mass is 35.5. The van der Waals surface area contributed by atoms with Crippen LogP contribution in [0.3, 0.4) is 0 Å². The lowest BCUT2D eigenvalue weighted by molar-refractivity contribution is -0.118. The third-order valence-electron chi connectivity index (χ3n) is 4.94. The summed E-state index contributed by atoms with van der Waals surface area (Å²) in [5, 5.41) is 7.73. The van der Waals surface area contributed by atoms with Crippen molar-refractivity contribution in [2.75, 3.05) is 12.1 Å². The summed E-state index contributed by atoms with van der Waals surface area (Å²) in [5.41, 5.74) is 1.53. The van der Waals surface area contributed by atoms with Crippen LogP contribution in [0.4, 0.5) is 5.69 Å². The van der Waals surface area contributed by atoms with Gasteiger partial charge in [-0.15, -0.1) is 0 Å². The van der Waals surface area contributed by atoms with Crippen LogP contribution in [0.2, 0.25) is 5.02 Å². The Bertz CT molecular complexity index is 1020. The lowest BCUT2D eigenvalue weighted by Gasteiger charge is -2.12. The quantitative estimate of drug-likeness (QED) is 0.724. The van der Waals surface area contributed by atoms with Crippen molar-refractivity contribution in [2.45, 2.75) is 18.3 Å². The topological polar surface area (TPSA) is 73.6 Å². The first-order valence-electron chi connectivity index (χ1n) is 8.58. The Hall–Kier alpha value is -2.99. The molecule has 6 nitrogen and oxygen atoms in total. The van der Waals surface area contributed by atoms with E-state index in [-0.39, 0.29) is 12.7 Å². The number of benzene rings is 2. The molecule has 136 valence electrons. The fraction of sp³-hybridized carbons (Fsp3) is 0.200. The molecule has 2 aromatic carbocycles. The van der Waals surface area contributed by atoms with Crippen molar-refractivity contribution < 1.29 is 18.8 Å². The van der Waals surface area contributed by atoms with Gasteiger partial charge in [-0.1, -0.05) is 16.8 Å². The second-order valence-electron chi connectivity index (χ2n) is 6.69. The molecule has 2 heterocycles. The average Bonchev–Trinajstić information content (AvgIpc) is 3.13. The average molecular weight is 383 g/mol. The fourth-order valence-electron chi connectivity index (χ4n) is 3.20. The van der Waals surface area contributed by atoms with Crippen LogP contribution in [0.5, 0.6) is 11.5 Å². The first-order chi connectivity index (χ1) is 13.1. The van der Waals surface area contributed by atoms with Crippen molar-refractivity contribution >= 4 is 23.2 Å². The lowest BCUT2D eigenvalue weighted by Crippen LogP contribution is -2.28. The summed E-state index contributed by atoms with van der Waals surface area (Å²) in [6.45, 7) is 0.217. The van der Waals surface area contributed by atoms with E-state index in [2.05, 4.69) is 10.5 Å². The molecular formula is C20H15ClN2O4. The Labute approximate surface area is 160 Å². The highest BCUT2D eigenvalue weighted by molar-refractivity contribution is 6.30. The van der Waals surface area contributed by atoms with Gasteiger partial charge in [-0.05, 0) is 55.3 Å². The van der Waals surface area contributed by atoms with E-state index in [9.17, 15) is 4.79 Å². The van der Waals surface area contributed by atoms with Gasteiger partial charge in [0, 0.05) is 22.3 Å². The van der Waals surface area contributed by atoms with Crippen molar-refractivity contribution in [3.05, 3.63) is 59.2 Å². The van der Waals surface area contributed by atoms with E-state index in [4.69, 9.17) is 25.6 Å². The predicted molar refractivity (Wildman–Crippen MR) is 99.1 cm³/mol. The van der Waals surface area contributed by atoms with Crippen LogP contribution in [-0.4, -0.2) is 17.9 Å². The van der Waals surface area contributed by atoms with E-state index in [1.54, 1.807) is 24.3 Å². The molecule has 1 aliphatic heterocycles. The van der Waals surface area contributed by atoms with Gasteiger partial charge in [0.1, 0.15) is 0 Å². The SMILES string of the molecule is O=C(Nc1ccc(Cl)cc1)C1(c2cc(-c3ccc4c(c3)OCO4)on2)CC1. The maximum absolute atomic E-state index is 12.8. The number of ether oxygens (including phenoxy) is 2. The smallest absolute Gasteiger partial charge is 0.236 e. The number of anilines is 1. The zero-order valence-corrected chi connectivity index (χ0v) is 15.0. The number of hydrogen-bond acceptors (Lipinski definition) is 5. The summed E-state index contributed by atoms with van der Waals surface area (Å²) >= 11 is 5.89. The molecule has 1 fully saturated rings. The molecule has 1 saturated carbocycles. The number of carbonyl (C=O) groups excluding carboxylic acids is 1. The monoisotopic (exact) mass is 382 g/mol. The number of aromatic nitrogens is 1. The standard InChI is InChI=1S/C20H15ClN2O4/c21-13-2-4-14(5-3-13)22-19(24)20(7-8-20)18-10-16(27-23-18)12-1-6-15-17(9-12)26-11-25-15/h1-6,9-10H,7-8,11H2,(H,22,24). The molecule has 1 N–H and O–H groups in total. The number of halogens is 1. The van der Waals surface area contributed by atoms with E-state index < -0.39 is 5.41 Å². The van der Waals surface area contributed by atoms with Crippen LogP contribution in [0.25, 0.3) is 11.3 Å². The molecule has 5 rings (SSSR count). The first-order valence-corrected chi connectivity index (χ1v) is 8.96. The van der Waals surface area contributed by atoms with E-state index in [1.807, 2.05) is 24.3 Å². The normalized spacial score (nSPS) is 16.2. The lowest BCUT2D eigenvalue weighted by atomic mass is 10.00. The van der Waals surface area contributed by atoms with Crippen LogP contribution in [0.1, 0.15) is 18.5 Å². The molecule has 0 atom stereocenters. The Morgan fingerprint density at radius 3 is 2.59 bits per heavy atom. The van der Waals surface area contributed by atoms with Gasteiger partial charge in [0.2, 0.25) is 12.7 Å². The Morgan fingerprint density at radius 2 is 1.81 bits per heavy atom. The van der Waals surface area contributed by atoms with Gasteiger partial charge in [0.15, 0.2) is 17.3 Å². The van der Waals surface area contributed by atoms with Gasteiger partial charge in [-0.3, -0.25) is 4.79 Å². The third kappa shape index (κ3) is 2.82. The highest BCUT2D eigenvalue weighted by Crippen LogP contribution is 2.49. The van der Waals surface area contributed by atoms with E-state index in [1.165, 1.54) is 0 Å². The van der Waals surface area contributed by atoms with Crippen LogP contribution in [-0.2, 0) is 10.2 Å². The first kappa shape index (κ1) is 16.2. The summed E-state index contributed by atoms with van der Waals surface area (Å²) in [6.07, 6.45) is 1.47.